The van der Waals surface area contributed by atoms with Gasteiger partial charge in [0.15, 0.2) is 0 Å². The standard InChI is InChI=1S/C16H16O6/c1-21-15(19)13-10-6-4-3-5-9(10)11(7-17)12(8-18)14(13)16(20)22-2/h3-6,17-18H,7-8H2,1-2H3. The monoisotopic (exact) mass is 304 g/mol. The Morgan fingerprint density at radius 1 is 0.864 bits per heavy atom. The van der Waals surface area contributed by atoms with Gasteiger partial charge in [0.25, 0.3) is 0 Å². The van der Waals surface area contributed by atoms with Crippen molar-refractivity contribution in [3.63, 3.8) is 0 Å². The average molecular weight is 304 g/mol. The quantitative estimate of drug-likeness (QED) is 0.829. The highest BCUT2D eigenvalue weighted by molar-refractivity contribution is 6.14. The lowest BCUT2D eigenvalue weighted by Gasteiger charge is -2.18. The third-order valence-corrected chi connectivity index (χ3v) is 3.53. The van der Waals surface area contributed by atoms with E-state index in [0.717, 1.165) is 0 Å². The molecule has 0 aromatic heterocycles. The van der Waals surface area contributed by atoms with Crippen LogP contribution in [0.15, 0.2) is 24.3 Å². The lowest BCUT2D eigenvalue weighted by atomic mass is 9.89. The van der Waals surface area contributed by atoms with Crippen molar-refractivity contribution in [1.82, 2.24) is 0 Å². The number of ether oxygens (including phenoxy) is 2. The Kier molecular flexibility index (Phi) is 4.75. The first kappa shape index (κ1) is 15.9. The Morgan fingerprint density at radius 2 is 1.36 bits per heavy atom. The molecule has 0 saturated carbocycles. The van der Waals surface area contributed by atoms with Gasteiger partial charge in [-0.3, -0.25) is 0 Å². The SMILES string of the molecule is COC(=O)c1c(CO)c(CO)c2ccccc2c1C(=O)OC. The van der Waals surface area contributed by atoms with Gasteiger partial charge in [-0.15, -0.1) is 0 Å². The van der Waals surface area contributed by atoms with Crippen molar-refractivity contribution >= 4 is 22.7 Å². The predicted octanol–water partition coefficient (Wildman–Crippen LogP) is 1.40. The van der Waals surface area contributed by atoms with Crippen LogP contribution in [0.25, 0.3) is 10.8 Å². The molecule has 0 saturated heterocycles. The molecule has 0 unspecified atom stereocenters. The molecule has 0 amide bonds. The molecule has 0 aliphatic carbocycles. The second-order valence-electron chi connectivity index (χ2n) is 4.55. The van der Waals surface area contributed by atoms with Gasteiger partial charge < -0.3 is 19.7 Å². The van der Waals surface area contributed by atoms with Crippen molar-refractivity contribution in [3.05, 3.63) is 46.5 Å². The van der Waals surface area contributed by atoms with E-state index in [0.29, 0.717) is 16.3 Å². The number of aliphatic hydroxyl groups excluding tert-OH is 2. The molecule has 2 rings (SSSR count). The van der Waals surface area contributed by atoms with Gasteiger partial charge in [0.05, 0.1) is 38.6 Å². The average Bonchev–Trinajstić information content (AvgIpc) is 2.57. The zero-order valence-electron chi connectivity index (χ0n) is 12.3. The Balaban J connectivity index is 3.04. The van der Waals surface area contributed by atoms with Gasteiger partial charge in [-0.1, -0.05) is 24.3 Å². The van der Waals surface area contributed by atoms with Gasteiger partial charge >= 0.3 is 11.9 Å². The molecule has 22 heavy (non-hydrogen) atoms. The van der Waals surface area contributed by atoms with E-state index in [1.54, 1.807) is 24.3 Å². The summed E-state index contributed by atoms with van der Waals surface area (Å²) in [6.07, 6.45) is 0. The maximum Gasteiger partial charge on any atom is 0.339 e. The van der Waals surface area contributed by atoms with E-state index in [1.807, 2.05) is 0 Å². The van der Waals surface area contributed by atoms with Crippen LogP contribution in [0.4, 0.5) is 0 Å². The summed E-state index contributed by atoms with van der Waals surface area (Å²) in [5.74, 6) is -1.49. The molecular formula is C16H16O6. The minimum absolute atomic E-state index is 0.0196. The molecule has 0 spiro atoms. The number of aliphatic hydroxyl groups is 2. The van der Waals surface area contributed by atoms with E-state index in [-0.39, 0.29) is 23.3 Å². The van der Waals surface area contributed by atoms with Crippen molar-refractivity contribution in [3.8, 4) is 0 Å². The van der Waals surface area contributed by atoms with Crippen LogP contribution in [0.3, 0.4) is 0 Å². The van der Waals surface area contributed by atoms with Gasteiger partial charge in [-0.2, -0.15) is 0 Å². The zero-order chi connectivity index (χ0) is 16.3. The minimum Gasteiger partial charge on any atom is -0.465 e. The number of rotatable bonds is 4. The maximum absolute atomic E-state index is 12.2. The number of carbonyl (C=O) groups is 2. The normalized spacial score (nSPS) is 10.5. The van der Waals surface area contributed by atoms with E-state index in [4.69, 9.17) is 9.47 Å². The maximum atomic E-state index is 12.2. The summed E-state index contributed by atoms with van der Waals surface area (Å²) < 4.78 is 9.48. The molecule has 2 N–H and O–H groups in total. The third kappa shape index (κ3) is 2.43. The van der Waals surface area contributed by atoms with Crippen molar-refractivity contribution in [1.29, 1.82) is 0 Å². The lowest BCUT2D eigenvalue weighted by Crippen LogP contribution is -2.17. The molecule has 0 aliphatic heterocycles. The Hall–Kier alpha value is -2.44. The molecule has 0 fully saturated rings. The number of carbonyl (C=O) groups excluding carboxylic acids is 2. The number of hydrogen-bond donors (Lipinski definition) is 2. The van der Waals surface area contributed by atoms with Crippen LogP contribution in [-0.2, 0) is 22.7 Å². The first-order valence-electron chi connectivity index (χ1n) is 6.55. The van der Waals surface area contributed by atoms with Crippen molar-refractivity contribution in [2.24, 2.45) is 0 Å². The highest BCUT2D eigenvalue weighted by atomic mass is 16.5. The summed E-state index contributed by atoms with van der Waals surface area (Å²) >= 11 is 0. The minimum atomic E-state index is -0.773. The lowest BCUT2D eigenvalue weighted by molar-refractivity contribution is 0.0554. The second-order valence-corrected chi connectivity index (χ2v) is 4.55. The summed E-state index contributed by atoms with van der Waals surface area (Å²) in [4.78, 5) is 24.3. The molecule has 0 atom stereocenters. The van der Waals surface area contributed by atoms with E-state index in [9.17, 15) is 19.8 Å². The summed E-state index contributed by atoms with van der Waals surface area (Å²) in [7, 11) is 2.38. The predicted molar refractivity (Wildman–Crippen MR) is 78.5 cm³/mol. The first-order valence-corrected chi connectivity index (χ1v) is 6.55. The summed E-state index contributed by atoms with van der Waals surface area (Å²) in [5.41, 5.74) is 0.477. The molecule has 6 heteroatoms. The highest BCUT2D eigenvalue weighted by Gasteiger charge is 2.28. The van der Waals surface area contributed by atoms with Crippen molar-refractivity contribution in [2.75, 3.05) is 14.2 Å². The van der Waals surface area contributed by atoms with Crippen LogP contribution in [0.2, 0.25) is 0 Å². The topological polar surface area (TPSA) is 93.1 Å². The Morgan fingerprint density at radius 3 is 1.86 bits per heavy atom. The molecule has 0 radical (unpaired) electrons. The van der Waals surface area contributed by atoms with Crippen molar-refractivity contribution in [2.45, 2.75) is 13.2 Å². The molecule has 2 aromatic rings. The van der Waals surface area contributed by atoms with E-state index >= 15 is 0 Å². The van der Waals surface area contributed by atoms with E-state index in [2.05, 4.69) is 0 Å². The molecule has 0 bridgehead atoms. The van der Waals surface area contributed by atoms with Crippen LogP contribution in [-0.4, -0.2) is 36.4 Å². The first-order chi connectivity index (χ1) is 10.6. The Labute approximate surface area is 126 Å². The molecule has 6 nitrogen and oxygen atoms in total. The summed E-state index contributed by atoms with van der Waals surface area (Å²) in [5, 5.41) is 20.3. The fourth-order valence-corrected chi connectivity index (χ4v) is 2.56. The van der Waals surface area contributed by atoms with E-state index < -0.39 is 18.5 Å². The van der Waals surface area contributed by atoms with Crippen LogP contribution < -0.4 is 0 Å². The van der Waals surface area contributed by atoms with Crippen LogP contribution >= 0.6 is 0 Å². The van der Waals surface area contributed by atoms with Crippen LogP contribution in [0.1, 0.15) is 31.8 Å². The number of fused-ring (bicyclic) bond motifs is 1. The fraction of sp³-hybridized carbons (Fsp3) is 0.250. The number of esters is 2. The molecule has 116 valence electrons. The summed E-state index contributed by atoms with van der Waals surface area (Å²) in [6, 6.07) is 6.79. The van der Waals surface area contributed by atoms with Crippen molar-refractivity contribution < 1.29 is 29.3 Å². The smallest absolute Gasteiger partial charge is 0.339 e. The van der Waals surface area contributed by atoms with Gasteiger partial charge in [0.1, 0.15) is 0 Å². The van der Waals surface area contributed by atoms with Gasteiger partial charge in [0, 0.05) is 0 Å². The molecule has 2 aromatic carbocycles. The molecule has 0 aliphatic rings. The highest BCUT2D eigenvalue weighted by Crippen LogP contribution is 2.32. The van der Waals surface area contributed by atoms with Gasteiger partial charge in [0.2, 0.25) is 0 Å². The van der Waals surface area contributed by atoms with Gasteiger partial charge in [-0.25, -0.2) is 9.59 Å². The number of methoxy groups -OCH3 is 2. The van der Waals surface area contributed by atoms with Gasteiger partial charge in [-0.05, 0) is 21.9 Å². The Bertz CT molecular complexity index is 735. The second kappa shape index (κ2) is 6.55. The largest absolute Gasteiger partial charge is 0.465 e. The fourth-order valence-electron chi connectivity index (χ4n) is 2.56. The van der Waals surface area contributed by atoms with E-state index in [1.165, 1.54) is 14.2 Å². The summed E-state index contributed by atoms with van der Waals surface area (Å²) in [6.45, 7) is -0.906. The number of hydrogen-bond acceptors (Lipinski definition) is 6. The third-order valence-electron chi connectivity index (χ3n) is 3.53. The number of benzene rings is 2. The molecular weight excluding hydrogens is 288 g/mol. The van der Waals surface area contributed by atoms with Crippen LogP contribution in [0, 0.1) is 0 Å². The van der Waals surface area contributed by atoms with Crippen LogP contribution in [0.5, 0.6) is 0 Å². The molecule has 0 heterocycles. The zero-order valence-corrected chi connectivity index (χ0v) is 12.3.